The van der Waals surface area contributed by atoms with E-state index in [4.69, 9.17) is 5.11 Å². The maximum atomic E-state index is 12.2. The second-order valence-corrected chi connectivity index (χ2v) is 3.88. The maximum absolute atomic E-state index is 12.2. The van der Waals surface area contributed by atoms with Crippen LogP contribution in [0.4, 0.5) is 26.3 Å². The molecule has 0 heterocycles. The first-order chi connectivity index (χ1) is 8.48. The van der Waals surface area contributed by atoms with E-state index in [-0.39, 0.29) is 0 Å². The van der Waals surface area contributed by atoms with Crippen molar-refractivity contribution in [2.75, 3.05) is 0 Å². The van der Waals surface area contributed by atoms with Crippen LogP contribution >= 0.6 is 0 Å². The smallest absolute Gasteiger partial charge is 0.393 e. The Hall–Kier alpha value is -1.73. The predicted molar refractivity (Wildman–Crippen MR) is 52.9 cm³/mol. The molecular weight excluding hydrogens is 278 g/mol. The van der Waals surface area contributed by atoms with Crippen molar-refractivity contribution >= 4 is 5.97 Å². The number of benzene rings is 1. The zero-order valence-electron chi connectivity index (χ0n) is 9.27. The highest BCUT2D eigenvalue weighted by Gasteiger charge is 2.31. The fraction of sp³-hybridized carbons (Fsp3) is 0.364. The van der Waals surface area contributed by atoms with Crippen molar-refractivity contribution < 1.29 is 36.2 Å². The first-order valence-corrected chi connectivity index (χ1v) is 4.96. The summed E-state index contributed by atoms with van der Waals surface area (Å²) in [7, 11) is 0. The van der Waals surface area contributed by atoms with Crippen molar-refractivity contribution in [1.82, 2.24) is 0 Å². The molecule has 0 saturated carbocycles. The van der Waals surface area contributed by atoms with Gasteiger partial charge in [0.05, 0.1) is 18.4 Å². The lowest BCUT2D eigenvalue weighted by Crippen LogP contribution is -2.16. The molecule has 8 heteroatoms. The minimum absolute atomic E-state index is 0.393. The van der Waals surface area contributed by atoms with Gasteiger partial charge >= 0.3 is 18.3 Å². The van der Waals surface area contributed by atoms with Gasteiger partial charge in [0.1, 0.15) is 0 Å². The number of carboxylic acid groups (broad SMARTS) is 1. The van der Waals surface area contributed by atoms with Crippen LogP contribution in [0.5, 0.6) is 0 Å². The molecule has 0 unspecified atom stereocenters. The Morgan fingerprint density at radius 1 is 1.00 bits per heavy atom. The molecule has 0 atom stereocenters. The summed E-state index contributed by atoms with van der Waals surface area (Å²) in [5.74, 6) is -1.69. The summed E-state index contributed by atoms with van der Waals surface area (Å²) in [6, 6.07) is 2.23. The van der Waals surface area contributed by atoms with E-state index in [9.17, 15) is 31.1 Å². The van der Waals surface area contributed by atoms with Gasteiger partial charge in [0.25, 0.3) is 0 Å². The van der Waals surface area contributed by atoms with Crippen LogP contribution in [0, 0.1) is 0 Å². The molecule has 1 N–H and O–H groups in total. The van der Waals surface area contributed by atoms with Gasteiger partial charge in [-0.05, 0) is 17.2 Å². The Labute approximate surface area is 103 Å². The SMILES string of the molecule is O=C(O)c1cc(CC(F)(F)F)ccc1CC(F)(F)F. The van der Waals surface area contributed by atoms with Gasteiger partial charge in [-0.2, -0.15) is 26.3 Å². The van der Waals surface area contributed by atoms with Gasteiger partial charge in [-0.15, -0.1) is 0 Å². The molecule has 0 radical (unpaired) electrons. The Kier molecular flexibility index (Phi) is 4.12. The van der Waals surface area contributed by atoms with Crippen LogP contribution in [0.25, 0.3) is 0 Å². The minimum atomic E-state index is -4.63. The van der Waals surface area contributed by atoms with Crippen molar-refractivity contribution in [3.8, 4) is 0 Å². The molecule has 1 aromatic rings. The van der Waals surface area contributed by atoms with Crippen LogP contribution in [0.15, 0.2) is 18.2 Å². The summed E-state index contributed by atoms with van der Waals surface area (Å²) in [4.78, 5) is 10.8. The summed E-state index contributed by atoms with van der Waals surface area (Å²) in [5, 5.41) is 8.74. The number of carboxylic acids is 1. The molecule has 19 heavy (non-hydrogen) atoms. The number of aromatic carboxylic acids is 1. The van der Waals surface area contributed by atoms with Crippen LogP contribution in [-0.2, 0) is 12.8 Å². The highest BCUT2D eigenvalue weighted by Crippen LogP contribution is 2.27. The number of halogens is 6. The molecule has 0 aliphatic heterocycles. The molecule has 0 fully saturated rings. The lowest BCUT2D eigenvalue weighted by molar-refractivity contribution is -0.128. The number of alkyl halides is 6. The average Bonchev–Trinajstić information content (AvgIpc) is 2.15. The predicted octanol–water partition coefficient (Wildman–Crippen LogP) is 3.59. The van der Waals surface area contributed by atoms with Gasteiger partial charge in [0, 0.05) is 0 Å². The van der Waals surface area contributed by atoms with E-state index in [2.05, 4.69) is 0 Å². The summed E-state index contributed by atoms with van der Waals surface area (Å²) in [6.45, 7) is 0. The van der Waals surface area contributed by atoms with Crippen LogP contribution in [0.3, 0.4) is 0 Å². The molecule has 0 spiro atoms. The van der Waals surface area contributed by atoms with E-state index in [0.717, 1.165) is 12.1 Å². The topological polar surface area (TPSA) is 37.3 Å². The lowest BCUT2D eigenvalue weighted by atomic mass is 9.99. The highest BCUT2D eigenvalue weighted by molar-refractivity contribution is 5.89. The molecule has 1 rings (SSSR count). The van der Waals surface area contributed by atoms with Gasteiger partial charge in [0.2, 0.25) is 0 Å². The molecule has 0 aliphatic rings. The monoisotopic (exact) mass is 286 g/mol. The van der Waals surface area contributed by atoms with Crippen LogP contribution in [0.1, 0.15) is 21.5 Å². The number of hydrogen-bond acceptors (Lipinski definition) is 1. The Bertz CT molecular complexity index is 475. The Balaban J connectivity index is 3.12. The molecule has 106 valence electrons. The Morgan fingerprint density at radius 2 is 1.53 bits per heavy atom. The summed E-state index contributed by atoms with van der Waals surface area (Å²) in [6.07, 6.45) is -12.1. The molecular formula is C11H8F6O2. The number of carbonyl (C=O) groups is 1. The van der Waals surface area contributed by atoms with Crippen molar-refractivity contribution in [2.45, 2.75) is 25.2 Å². The third-order valence-electron chi connectivity index (χ3n) is 2.20. The summed E-state index contributed by atoms with van der Waals surface area (Å²) < 4.78 is 72.9. The zero-order valence-corrected chi connectivity index (χ0v) is 9.27. The third-order valence-corrected chi connectivity index (χ3v) is 2.20. The minimum Gasteiger partial charge on any atom is -0.478 e. The average molecular weight is 286 g/mol. The van der Waals surface area contributed by atoms with E-state index in [1.165, 1.54) is 0 Å². The molecule has 0 aromatic heterocycles. The van der Waals surface area contributed by atoms with Crippen LogP contribution < -0.4 is 0 Å². The summed E-state index contributed by atoms with van der Waals surface area (Å²) >= 11 is 0. The van der Waals surface area contributed by atoms with E-state index in [1.807, 2.05) is 0 Å². The fourth-order valence-electron chi connectivity index (χ4n) is 1.53. The van der Waals surface area contributed by atoms with Crippen molar-refractivity contribution in [3.05, 3.63) is 34.9 Å². The van der Waals surface area contributed by atoms with Crippen molar-refractivity contribution in [1.29, 1.82) is 0 Å². The van der Waals surface area contributed by atoms with Crippen LogP contribution in [-0.4, -0.2) is 23.4 Å². The lowest BCUT2D eigenvalue weighted by Gasteiger charge is -2.12. The first-order valence-electron chi connectivity index (χ1n) is 4.96. The normalized spacial score (nSPS) is 12.5. The quantitative estimate of drug-likeness (QED) is 0.862. The van der Waals surface area contributed by atoms with Gasteiger partial charge in [-0.25, -0.2) is 4.79 Å². The largest absolute Gasteiger partial charge is 0.478 e. The molecule has 0 saturated heterocycles. The third kappa shape index (κ3) is 5.19. The number of hydrogen-bond donors (Lipinski definition) is 1. The molecule has 2 nitrogen and oxygen atoms in total. The van der Waals surface area contributed by atoms with E-state index >= 15 is 0 Å². The standard InChI is InChI=1S/C11H8F6O2/c12-10(13,14)4-6-1-2-7(5-11(15,16)17)8(3-6)9(18)19/h1-3H,4-5H2,(H,18,19). The highest BCUT2D eigenvalue weighted by atomic mass is 19.4. The maximum Gasteiger partial charge on any atom is 0.393 e. The van der Waals surface area contributed by atoms with Crippen LogP contribution in [0.2, 0.25) is 0 Å². The van der Waals surface area contributed by atoms with Gasteiger partial charge in [0.15, 0.2) is 0 Å². The van der Waals surface area contributed by atoms with Gasteiger partial charge in [-0.1, -0.05) is 12.1 Å². The molecule has 1 aromatic carbocycles. The van der Waals surface area contributed by atoms with E-state index < -0.39 is 47.9 Å². The second-order valence-electron chi connectivity index (χ2n) is 3.88. The fourth-order valence-corrected chi connectivity index (χ4v) is 1.53. The van der Waals surface area contributed by atoms with Gasteiger partial charge in [-0.3, -0.25) is 0 Å². The summed E-state index contributed by atoms with van der Waals surface area (Å²) in [5.41, 5.74) is -1.72. The van der Waals surface area contributed by atoms with E-state index in [1.54, 1.807) is 0 Å². The molecule has 0 bridgehead atoms. The van der Waals surface area contributed by atoms with Crippen molar-refractivity contribution in [2.24, 2.45) is 0 Å². The first kappa shape index (κ1) is 15.3. The van der Waals surface area contributed by atoms with Gasteiger partial charge < -0.3 is 5.11 Å². The molecule has 0 aliphatic carbocycles. The number of rotatable bonds is 3. The second kappa shape index (κ2) is 5.10. The molecule has 0 amide bonds. The van der Waals surface area contributed by atoms with Crippen molar-refractivity contribution in [3.63, 3.8) is 0 Å². The Morgan fingerprint density at radius 3 is 1.95 bits per heavy atom. The zero-order chi connectivity index (χ0) is 14.8. The van der Waals surface area contributed by atoms with E-state index in [0.29, 0.717) is 6.07 Å².